The third kappa shape index (κ3) is 7.08. The first kappa shape index (κ1) is 24.6. The second kappa shape index (κ2) is 11.3. The minimum absolute atomic E-state index is 0. The van der Waals surface area contributed by atoms with Crippen LogP contribution in [0.4, 0.5) is 5.69 Å². The average molecular weight is 366 g/mol. The summed E-state index contributed by atoms with van der Waals surface area (Å²) in [4.78, 5) is 10.7. The standard InChI is InChI=1S/C11H22O2.C10H13NO.CH4/c1-6-10-8(3)7(2)9(4)11(12-5)13-10;1-7-4-8(2)6-10(5-7)11-9(3)12;/h7-11H,6H2,1-5H3;4-6H,1-3H3,(H,11,12);1H4. The number of carbonyl (C=O) groups excluding carboxylic acids is 1. The molecule has 1 amide bonds. The third-order valence-corrected chi connectivity index (χ3v) is 5.16. The molecule has 0 aliphatic carbocycles. The lowest BCUT2D eigenvalue weighted by atomic mass is 9.78. The monoisotopic (exact) mass is 365 g/mol. The van der Waals surface area contributed by atoms with E-state index in [1.807, 2.05) is 26.0 Å². The van der Waals surface area contributed by atoms with Crippen LogP contribution in [-0.2, 0) is 14.3 Å². The highest BCUT2D eigenvalue weighted by molar-refractivity contribution is 5.88. The molecule has 1 saturated heterocycles. The molecule has 1 aromatic rings. The summed E-state index contributed by atoms with van der Waals surface area (Å²) in [6.45, 7) is 14.5. The quantitative estimate of drug-likeness (QED) is 0.761. The third-order valence-electron chi connectivity index (χ3n) is 5.16. The van der Waals surface area contributed by atoms with Crippen molar-refractivity contribution in [3.05, 3.63) is 29.3 Å². The maximum atomic E-state index is 10.7. The predicted molar refractivity (Wildman–Crippen MR) is 110 cm³/mol. The highest BCUT2D eigenvalue weighted by atomic mass is 16.7. The molecule has 0 spiro atoms. The number of hydrogen-bond donors (Lipinski definition) is 1. The van der Waals surface area contributed by atoms with E-state index in [4.69, 9.17) is 9.47 Å². The molecule has 1 N–H and O–H groups in total. The summed E-state index contributed by atoms with van der Waals surface area (Å²) >= 11 is 0. The van der Waals surface area contributed by atoms with Gasteiger partial charge in [0.1, 0.15) is 0 Å². The molecule has 0 aromatic heterocycles. The van der Waals surface area contributed by atoms with Gasteiger partial charge in [0.15, 0.2) is 6.29 Å². The zero-order chi connectivity index (χ0) is 19.1. The summed E-state index contributed by atoms with van der Waals surface area (Å²) < 4.78 is 11.2. The molecule has 1 fully saturated rings. The molecule has 5 atom stereocenters. The number of hydrogen-bond acceptors (Lipinski definition) is 3. The maximum Gasteiger partial charge on any atom is 0.221 e. The minimum atomic E-state index is -0.0278. The van der Waals surface area contributed by atoms with E-state index in [-0.39, 0.29) is 19.6 Å². The van der Waals surface area contributed by atoms with E-state index in [0.29, 0.717) is 23.9 Å². The van der Waals surface area contributed by atoms with Gasteiger partial charge in [-0.3, -0.25) is 4.79 Å². The van der Waals surface area contributed by atoms with Gasteiger partial charge in [-0.15, -0.1) is 0 Å². The van der Waals surface area contributed by atoms with Crippen LogP contribution in [0.15, 0.2) is 18.2 Å². The number of anilines is 1. The number of rotatable bonds is 3. The van der Waals surface area contributed by atoms with Gasteiger partial charge in [-0.05, 0) is 55.4 Å². The molecule has 5 unspecified atom stereocenters. The maximum absolute atomic E-state index is 10.7. The van der Waals surface area contributed by atoms with Gasteiger partial charge in [0.05, 0.1) is 6.10 Å². The SMILES string of the molecule is C.CC(=O)Nc1cc(C)cc(C)c1.CCC1OC(OC)C(C)C(C)C1C. The summed E-state index contributed by atoms with van der Waals surface area (Å²) in [6, 6.07) is 5.98. The van der Waals surface area contributed by atoms with Crippen molar-refractivity contribution >= 4 is 11.6 Å². The Bertz CT molecular complexity index is 518. The zero-order valence-electron chi connectivity index (χ0n) is 17.1. The van der Waals surface area contributed by atoms with Crippen molar-refractivity contribution in [2.75, 3.05) is 12.4 Å². The van der Waals surface area contributed by atoms with Crippen molar-refractivity contribution in [1.29, 1.82) is 0 Å². The van der Waals surface area contributed by atoms with Crippen LogP contribution in [0, 0.1) is 31.6 Å². The normalized spacial score (nSPS) is 27.6. The highest BCUT2D eigenvalue weighted by Crippen LogP contribution is 2.36. The van der Waals surface area contributed by atoms with Crippen LogP contribution < -0.4 is 5.32 Å². The van der Waals surface area contributed by atoms with E-state index in [0.717, 1.165) is 12.1 Å². The van der Waals surface area contributed by atoms with E-state index >= 15 is 0 Å². The summed E-state index contributed by atoms with van der Waals surface area (Å²) in [5, 5.41) is 2.75. The van der Waals surface area contributed by atoms with Crippen molar-refractivity contribution in [3.8, 4) is 0 Å². The Kier molecular flexibility index (Phi) is 10.7. The largest absolute Gasteiger partial charge is 0.356 e. The number of aryl methyl sites for hydroxylation is 2. The van der Waals surface area contributed by atoms with Crippen LogP contribution >= 0.6 is 0 Å². The molecule has 1 aliphatic heterocycles. The fourth-order valence-electron chi connectivity index (χ4n) is 3.47. The topological polar surface area (TPSA) is 47.6 Å². The minimum Gasteiger partial charge on any atom is -0.356 e. The Balaban J connectivity index is 0.000000464. The molecule has 2 rings (SSSR count). The van der Waals surface area contributed by atoms with Crippen molar-refractivity contribution < 1.29 is 14.3 Å². The lowest BCUT2D eigenvalue weighted by Gasteiger charge is -2.42. The van der Waals surface area contributed by atoms with Gasteiger partial charge in [-0.2, -0.15) is 0 Å². The molecule has 0 radical (unpaired) electrons. The predicted octanol–water partition coefficient (Wildman–Crippen LogP) is 5.57. The number of carbonyl (C=O) groups is 1. The van der Waals surface area contributed by atoms with E-state index in [1.54, 1.807) is 7.11 Å². The molecule has 4 heteroatoms. The lowest BCUT2D eigenvalue weighted by Crippen LogP contribution is -2.45. The Morgan fingerprint density at radius 1 is 1.08 bits per heavy atom. The summed E-state index contributed by atoms with van der Waals surface area (Å²) in [7, 11) is 1.73. The molecular weight excluding hydrogens is 326 g/mol. The second-order valence-electron chi connectivity index (χ2n) is 7.32. The van der Waals surface area contributed by atoms with Crippen LogP contribution in [0.25, 0.3) is 0 Å². The number of methoxy groups -OCH3 is 1. The molecule has 1 aromatic carbocycles. The Morgan fingerprint density at radius 2 is 1.62 bits per heavy atom. The van der Waals surface area contributed by atoms with Crippen molar-refractivity contribution in [3.63, 3.8) is 0 Å². The average Bonchev–Trinajstić information content (AvgIpc) is 2.52. The van der Waals surface area contributed by atoms with E-state index < -0.39 is 0 Å². The number of amides is 1. The summed E-state index contributed by atoms with van der Waals surface area (Å²) in [6.07, 6.45) is 1.45. The van der Waals surface area contributed by atoms with Crippen LogP contribution in [0.2, 0.25) is 0 Å². The van der Waals surface area contributed by atoms with Crippen molar-refractivity contribution in [2.45, 2.75) is 74.7 Å². The van der Waals surface area contributed by atoms with Gasteiger partial charge >= 0.3 is 0 Å². The van der Waals surface area contributed by atoms with Gasteiger partial charge in [-0.25, -0.2) is 0 Å². The molecule has 0 bridgehead atoms. The number of nitrogens with one attached hydrogen (secondary N) is 1. The Labute approximate surface area is 160 Å². The zero-order valence-corrected chi connectivity index (χ0v) is 17.1. The van der Waals surface area contributed by atoms with Crippen LogP contribution in [0.3, 0.4) is 0 Å². The van der Waals surface area contributed by atoms with Crippen molar-refractivity contribution in [1.82, 2.24) is 0 Å². The number of ether oxygens (including phenoxy) is 2. The van der Waals surface area contributed by atoms with Crippen LogP contribution in [0.1, 0.15) is 59.6 Å². The fraction of sp³-hybridized carbons (Fsp3) is 0.682. The van der Waals surface area contributed by atoms with E-state index in [1.165, 1.54) is 18.1 Å². The van der Waals surface area contributed by atoms with Gasteiger partial charge in [0, 0.05) is 25.6 Å². The van der Waals surface area contributed by atoms with Gasteiger partial charge in [0.25, 0.3) is 0 Å². The molecule has 150 valence electrons. The first-order chi connectivity index (χ1) is 11.7. The molecule has 4 nitrogen and oxygen atoms in total. The Morgan fingerprint density at radius 3 is 2.04 bits per heavy atom. The summed E-state index contributed by atoms with van der Waals surface area (Å²) in [5.74, 6) is 1.80. The molecular formula is C22H39NO3. The second-order valence-corrected chi connectivity index (χ2v) is 7.32. The Hall–Kier alpha value is -1.39. The first-order valence-corrected chi connectivity index (χ1v) is 9.23. The summed E-state index contributed by atoms with van der Waals surface area (Å²) in [5.41, 5.74) is 3.21. The van der Waals surface area contributed by atoms with Crippen LogP contribution in [0.5, 0.6) is 0 Å². The lowest BCUT2D eigenvalue weighted by molar-refractivity contribution is -0.237. The van der Waals surface area contributed by atoms with Gasteiger partial charge in [-0.1, -0.05) is 41.2 Å². The van der Waals surface area contributed by atoms with E-state index in [9.17, 15) is 4.79 Å². The number of benzene rings is 1. The van der Waals surface area contributed by atoms with Gasteiger partial charge in [0.2, 0.25) is 5.91 Å². The fourth-order valence-corrected chi connectivity index (χ4v) is 3.47. The molecule has 1 aliphatic rings. The molecule has 26 heavy (non-hydrogen) atoms. The smallest absolute Gasteiger partial charge is 0.221 e. The van der Waals surface area contributed by atoms with Crippen LogP contribution in [-0.4, -0.2) is 25.4 Å². The van der Waals surface area contributed by atoms with E-state index in [2.05, 4.69) is 39.1 Å². The van der Waals surface area contributed by atoms with Gasteiger partial charge < -0.3 is 14.8 Å². The molecule has 1 heterocycles. The van der Waals surface area contributed by atoms with Crippen molar-refractivity contribution in [2.24, 2.45) is 17.8 Å². The highest BCUT2D eigenvalue weighted by Gasteiger charge is 2.38. The first-order valence-electron chi connectivity index (χ1n) is 9.23. The molecule has 0 saturated carbocycles.